The molecule has 1 aliphatic rings. The lowest BCUT2D eigenvalue weighted by Gasteiger charge is -2.12. The molecule has 1 heterocycles. The van der Waals surface area contributed by atoms with Gasteiger partial charge in [0, 0.05) is 34.7 Å². The summed E-state index contributed by atoms with van der Waals surface area (Å²) in [5.41, 5.74) is 4.15. The van der Waals surface area contributed by atoms with Gasteiger partial charge in [0.25, 0.3) is 5.91 Å². The summed E-state index contributed by atoms with van der Waals surface area (Å²) in [5.74, 6) is 0.0533. The number of rotatable bonds is 6. The predicted molar refractivity (Wildman–Crippen MR) is 123 cm³/mol. The molecule has 0 unspecified atom stereocenters. The summed E-state index contributed by atoms with van der Waals surface area (Å²) >= 11 is 0. The molecule has 0 aliphatic heterocycles. The smallest absolute Gasteiger partial charge is 0.272 e. The molecule has 31 heavy (non-hydrogen) atoms. The van der Waals surface area contributed by atoms with Crippen LogP contribution in [0.5, 0.6) is 0 Å². The van der Waals surface area contributed by atoms with Crippen LogP contribution >= 0.6 is 0 Å². The summed E-state index contributed by atoms with van der Waals surface area (Å²) in [6, 6.07) is 27.2. The molecule has 5 rings (SSSR count). The van der Waals surface area contributed by atoms with Gasteiger partial charge in [0.15, 0.2) is 0 Å². The number of nitrogens with one attached hydrogen (secondary N) is 2. The monoisotopic (exact) mass is 409 g/mol. The Morgan fingerprint density at radius 2 is 1.52 bits per heavy atom. The van der Waals surface area contributed by atoms with E-state index in [2.05, 4.69) is 22.8 Å². The molecule has 0 atom stereocenters. The van der Waals surface area contributed by atoms with E-state index in [9.17, 15) is 9.59 Å². The minimum absolute atomic E-state index is 0.0742. The van der Waals surface area contributed by atoms with Crippen LogP contribution in [0.25, 0.3) is 10.9 Å². The summed E-state index contributed by atoms with van der Waals surface area (Å²) in [6.45, 7) is 0.579. The third-order valence-corrected chi connectivity index (χ3v) is 5.56. The number of carbonyl (C=O) groups is 2. The summed E-state index contributed by atoms with van der Waals surface area (Å²) < 4.78 is 2.02. The fourth-order valence-electron chi connectivity index (χ4n) is 3.78. The predicted octanol–water partition coefficient (Wildman–Crippen LogP) is 5.29. The molecule has 4 aromatic rings. The quantitative estimate of drug-likeness (QED) is 0.454. The highest BCUT2D eigenvalue weighted by atomic mass is 16.2. The third-order valence-electron chi connectivity index (χ3n) is 5.56. The van der Waals surface area contributed by atoms with Crippen LogP contribution in [0.3, 0.4) is 0 Å². The molecule has 3 aromatic carbocycles. The Kier molecular flexibility index (Phi) is 5.00. The van der Waals surface area contributed by atoms with Crippen molar-refractivity contribution >= 4 is 34.1 Å². The minimum atomic E-state index is -0.165. The molecule has 0 radical (unpaired) electrons. The number of carbonyl (C=O) groups excluding carboxylic acids is 2. The molecular formula is C26H23N3O2. The average molecular weight is 409 g/mol. The number of hydrogen-bond acceptors (Lipinski definition) is 2. The normalized spacial score (nSPS) is 13.2. The van der Waals surface area contributed by atoms with Crippen LogP contribution in [0.4, 0.5) is 11.4 Å². The highest BCUT2D eigenvalue weighted by molar-refractivity contribution is 6.07. The summed E-state index contributed by atoms with van der Waals surface area (Å²) in [5, 5.41) is 6.90. The van der Waals surface area contributed by atoms with E-state index in [-0.39, 0.29) is 17.7 Å². The Morgan fingerprint density at radius 1 is 0.806 bits per heavy atom. The molecule has 0 saturated heterocycles. The van der Waals surface area contributed by atoms with Crippen molar-refractivity contribution in [3.63, 3.8) is 0 Å². The maximum Gasteiger partial charge on any atom is 0.272 e. The summed E-state index contributed by atoms with van der Waals surface area (Å²) in [6.07, 6.45) is 1.93. The Labute approximate surface area is 180 Å². The second kappa shape index (κ2) is 8.11. The van der Waals surface area contributed by atoms with E-state index in [1.165, 1.54) is 0 Å². The zero-order chi connectivity index (χ0) is 21.2. The molecule has 0 spiro atoms. The second-order valence-electron chi connectivity index (χ2n) is 7.96. The van der Waals surface area contributed by atoms with E-state index in [4.69, 9.17) is 0 Å². The number of nitrogens with zero attached hydrogens (tertiary/aromatic N) is 1. The SMILES string of the molecule is O=C(Nc1ccccc1)c1cc2cc(NC(=O)C3CC3)ccc2n1Cc1ccccc1. The van der Waals surface area contributed by atoms with Crippen molar-refractivity contribution in [3.05, 3.63) is 96.2 Å². The first-order valence-corrected chi connectivity index (χ1v) is 10.5. The van der Waals surface area contributed by atoms with E-state index < -0.39 is 0 Å². The van der Waals surface area contributed by atoms with E-state index in [0.717, 1.165) is 40.7 Å². The molecule has 2 amide bonds. The van der Waals surface area contributed by atoms with Crippen molar-refractivity contribution in [2.75, 3.05) is 10.6 Å². The molecule has 0 bridgehead atoms. The summed E-state index contributed by atoms with van der Waals surface area (Å²) in [7, 11) is 0. The standard InChI is InChI=1S/C26H23N3O2/c30-25(19-11-12-19)28-22-13-14-23-20(15-22)16-24(26(31)27-21-9-5-2-6-10-21)29(23)17-18-7-3-1-4-8-18/h1-10,13-16,19H,11-12,17H2,(H,27,31)(H,28,30). The van der Waals surface area contributed by atoms with Gasteiger partial charge in [0.1, 0.15) is 5.69 Å². The number of hydrogen-bond donors (Lipinski definition) is 2. The largest absolute Gasteiger partial charge is 0.332 e. The van der Waals surface area contributed by atoms with Gasteiger partial charge in [0.05, 0.1) is 0 Å². The highest BCUT2D eigenvalue weighted by Crippen LogP contribution is 2.31. The van der Waals surface area contributed by atoms with Gasteiger partial charge in [-0.25, -0.2) is 0 Å². The number of amides is 2. The number of aromatic nitrogens is 1. The molecule has 1 aromatic heterocycles. The van der Waals surface area contributed by atoms with Gasteiger partial charge in [-0.15, -0.1) is 0 Å². The molecular weight excluding hydrogens is 386 g/mol. The first-order valence-electron chi connectivity index (χ1n) is 10.5. The van der Waals surface area contributed by atoms with Crippen molar-refractivity contribution in [1.82, 2.24) is 4.57 Å². The minimum Gasteiger partial charge on any atom is -0.332 e. The fourth-order valence-corrected chi connectivity index (χ4v) is 3.78. The van der Waals surface area contributed by atoms with Gasteiger partial charge < -0.3 is 15.2 Å². The van der Waals surface area contributed by atoms with Gasteiger partial charge in [-0.3, -0.25) is 9.59 Å². The van der Waals surface area contributed by atoms with Crippen molar-refractivity contribution in [3.8, 4) is 0 Å². The maximum absolute atomic E-state index is 13.2. The lowest BCUT2D eigenvalue weighted by atomic mass is 10.2. The van der Waals surface area contributed by atoms with Gasteiger partial charge in [-0.2, -0.15) is 0 Å². The molecule has 2 N–H and O–H groups in total. The van der Waals surface area contributed by atoms with Crippen LogP contribution in [0.2, 0.25) is 0 Å². The Hall–Kier alpha value is -3.86. The van der Waals surface area contributed by atoms with Crippen LogP contribution in [-0.2, 0) is 11.3 Å². The number of anilines is 2. The van der Waals surface area contributed by atoms with Gasteiger partial charge in [-0.1, -0.05) is 48.5 Å². The van der Waals surface area contributed by atoms with Crippen LogP contribution in [0.1, 0.15) is 28.9 Å². The Bertz CT molecular complexity index is 1240. The molecule has 5 nitrogen and oxygen atoms in total. The summed E-state index contributed by atoms with van der Waals surface area (Å²) in [4.78, 5) is 25.3. The zero-order valence-corrected chi connectivity index (χ0v) is 17.0. The van der Waals surface area contributed by atoms with E-state index >= 15 is 0 Å². The lowest BCUT2D eigenvalue weighted by Crippen LogP contribution is -2.17. The van der Waals surface area contributed by atoms with Crippen LogP contribution in [0, 0.1) is 5.92 Å². The first-order chi connectivity index (χ1) is 15.2. The van der Waals surface area contributed by atoms with Crippen molar-refractivity contribution < 1.29 is 9.59 Å². The Balaban J connectivity index is 1.51. The number of benzene rings is 3. The van der Waals surface area contributed by atoms with Gasteiger partial charge >= 0.3 is 0 Å². The average Bonchev–Trinajstić information content (AvgIpc) is 3.58. The molecule has 1 aliphatic carbocycles. The van der Waals surface area contributed by atoms with Crippen molar-refractivity contribution in [2.45, 2.75) is 19.4 Å². The molecule has 1 saturated carbocycles. The van der Waals surface area contributed by atoms with Crippen LogP contribution in [-0.4, -0.2) is 16.4 Å². The topological polar surface area (TPSA) is 63.1 Å². The number of fused-ring (bicyclic) bond motifs is 1. The van der Waals surface area contributed by atoms with Gasteiger partial charge in [0.2, 0.25) is 5.91 Å². The maximum atomic E-state index is 13.2. The molecule has 5 heteroatoms. The lowest BCUT2D eigenvalue weighted by molar-refractivity contribution is -0.117. The second-order valence-corrected chi connectivity index (χ2v) is 7.96. The Morgan fingerprint density at radius 3 is 2.23 bits per heavy atom. The molecule has 154 valence electrons. The third kappa shape index (κ3) is 4.21. The van der Waals surface area contributed by atoms with E-state index in [1.807, 2.05) is 77.4 Å². The molecule has 1 fully saturated rings. The van der Waals surface area contributed by atoms with Crippen LogP contribution < -0.4 is 10.6 Å². The fraction of sp³-hybridized carbons (Fsp3) is 0.154. The van der Waals surface area contributed by atoms with E-state index in [0.29, 0.717) is 12.2 Å². The zero-order valence-electron chi connectivity index (χ0n) is 17.0. The number of para-hydroxylation sites is 1. The van der Waals surface area contributed by atoms with Gasteiger partial charge in [-0.05, 0) is 54.8 Å². The van der Waals surface area contributed by atoms with Crippen molar-refractivity contribution in [1.29, 1.82) is 0 Å². The van der Waals surface area contributed by atoms with Crippen LogP contribution in [0.15, 0.2) is 84.9 Å². The first kappa shape index (κ1) is 19.1. The van der Waals surface area contributed by atoms with E-state index in [1.54, 1.807) is 0 Å². The van der Waals surface area contributed by atoms with Crippen molar-refractivity contribution in [2.24, 2.45) is 5.92 Å². The highest BCUT2D eigenvalue weighted by Gasteiger charge is 2.29.